The third-order valence-electron chi connectivity index (χ3n) is 3.58. The number of benzene rings is 1. The Morgan fingerprint density at radius 1 is 1.21 bits per heavy atom. The van der Waals surface area contributed by atoms with E-state index >= 15 is 0 Å². The van der Waals surface area contributed by atoms with Crippen molar-refractivity contribution in [3.8, 4) is 0 Å². The molecule has 6 heteroatoms. The fraction of sp³-hybridized carbons (Fsp3) is 0.500. The van der Waals surface area contributed by atoms with Gasteiger partial charge in [-0.05, 0) is 30.5 Å². The maximum absolute atomic E-state index is 12.6. The molecule has 0 aliphatic carbocycles. The van der Waals surface area contributed by atoms with Crippen molar-refractivity contribution in [2.75, 3.05) is 17.2 Å². The average molecular weight is 351 g/mol. The molecule has 1 unspecified atom stereocenters. The van der Waals surface area contributed by atoms with Crippen LogP contribution in [0.15, 0.2) is 24.3 Å². The first kappa shape index (κ1) is 20.2. The number of thioether (sulfide) groups is 1. The summed E-state index contributed by atoms with van der Waals surface area (Å²) in [6.45, 7) is 4.90. The van der Waals surface area contributed by atoms with E-state index < -0.39 is 11.9 Å². The molecule has 0 aliphatic heterocycles. The number of hydrogen-bond acceptors (Lipinski definition) is 4. The monoisotopic (exact) mass is 351 g/mol. The van der Waals surface area contributed by atoms with Crippen molar-refractivity contribution < 1.29 is 19.5 Å². The van der Waals surface area contributed by atoms with Crippen molar-refractivity contribution in [1.29, 1.82) is 0 Å². The highest BCUT2D eigenvalue weighted by atomic mass is 32.2. The third kappa shape index (κ3) is 6.74. The molecule has 0 bridgehead atoms. The molecule has 0 heterocycles. The van der Waals surface area contributed by atoms with Gasteiger partial charge in [-0.25, -0.2) is 0 Å². The lowest BCUT2D eigenvalue weighted by Gasteiger charge is -2.24. The molecule has 1 aromatic rings. The SMILES string of the molecule is CCCCc1ccc(N(CC(=O)O)C(=O)C(C)CSC(C)=O)cc1. The van der Waals surface area contributed by atoms with E-state index in [4.69, 9.17) is 5.11 Å². The lowest BCUT2D eigenvalue weighted by atomic mass is 10.1. The third-order valence-corrected chi connectivity index (χ3v) is 4.66. The number of anilines is 1. The second-order valence-corrected chi connectivity index (χ2v) is 6.99. The molecule has 1 aromatic carbocycles. The summed E-state index contributed by atoms with van der Waals surface area (Å²) in [7, 11) is 0. The number of carbonyl (C=O) groups excluding carboxylic acids is 2. The molecule has 5 nitrogen and oxygen atoms in total. The minimum absolute atomic E-state index is 0.0558. The summed E-state index contributed by atoms with van der Waals surface area (Å²) < 4.78 is 0. The Balaban J connectivity index is 2.89. The number of rotatable bonds is 9. The highest BCUT2D eigenvalue weighted by Gasteiger charge is 2.24. The van der Waals surface area contributed by atoms with E-state index in [0.29, 0.717) is 11.4 Å². The van der Waals surface area contributed by atoms with E-state index in [-0.39, 0.29) is 17.6 Å². The number of carboxylic acid groups (broad SMARTS) is 1. The molecule has 0 radical (unpaired) electrons. The van der Waals surface area contributed by atoms with Crippen LogP contribution in [0.2, 0.25) is 0 Å². The minimum atomic E-state index is -1.06. The summed E-state index contributed by atoms with van der Waals surface area (Å²) in [5, 5.41) is 9.06. The van der Waals surface area contributed by atoms with Gasteiger partial charge < -0.3 is 10.0 Å². The molecule has 1 rings (SSSR count). The molecule has 1 amide bonds. The standard InChI is InChI=1S/C18H25NO4S/c1-4-5-6-15-7-9-16(10-8-15)19(11-17(21)22)18(23)13(2)12-24-14(3)20/h7-10,13H,4-6,11-12H2,1-3H3,(H,21,22). The Morgan fingerprint density at radius 3 is 2.33 bits per heavy atom. The molecule has 0 saturated carbocycles. The number of nitrogens with zero attached hydrogens (tertiary/aromatic N) is 1. The minimum Gasteiger partial charge on any atom is -0.480 e. The van der Waals surface area contributed by atoms with E-state index in [1.165, 1.54) is 17.4 Å². The van der Waals surface area contributed by atoms with Crippen LogP contribution in [0.4, 0.5) is 5.69 Å². The lowest BCUT2D eigenvalue weighted by Crippen LogP contribution is -2.39. The van der Waals surface area contributed by atoms with Gasteiger partial charge in [0.15, 0.2) is 5.12 Å². The summed E-state index contributed by atoms with van der Waals surface area (Å²) >= 11 is 1.08. The van der Waals surface area contributed by atoms with Crippen molar-refractivity contribution in [3.63, 3.8) is 0 Å². The zero-order valence-electron chi connectivity index (χ0n) is 14.4. The normalized spacial score (nSPS) is 11.8. The molecule has 0 fully saturated rings. The summed E-state index contributed by atoms with van der Waals surface area (Å²) in [6, 6.07) is 7.44. The average Bonchev–Trinajstić information content (AvgIpc) is 2.55. The molecule has 0 aliphatic rings. The van der Waals surface area contributed by atoms with E-state index in [2.05, 4.69) is 6.92 Å². The van der Waals surface area contributed by atoms with Crippen LogP contribution < -0.4 is 4.90 Å². The van der Waals surface area contributed by atoms with Gasteiger partial charge in [-0.3, -0.25) is 14.4 Å². The van der Waals surface area contributed by atoms with Gasteiger partial charge >= 0.3 is 5.97 Å². The second kappa shape index (κ2) is 10.1. The zero-order valence-corrected chi connectivity index (χ0v) is 15.3. The molecular formula is C18H25NO4S. The number of amides is 1. The Labute approximate surface area is 147 Å². The van der Waals surface area contributed by atoms with Gasteiger partial charge in [-0.2, -0.15) is 0 Å². The molecule has 0 spiro atoms. The first-order valence-electron chi connectivity index (χ1n) is 8.10. The molecule has 0 aromatic heterocycles. The van der Waals surface area contributed by atoms with E-state index in [1.807, 2.05) is 12.1 Å². The topological polar surface area (TPSA) is 74.7 Å². The van der Waals surface area contributed by atoms with Gasteiger partial charge in [-0.1, -0.05) is 44.2 Å². The molecule has 132 valence electrons. The predicted molar refractivity (Wildman–Crippen MR) is 97.3 cm³/mol. The van der Waals surface area contributed by atoms with Crippen molar-refractivity contribution >= 4 is 34.4 Å². The molecule has 1 atom stereocenters. The van der Waals surface area contributed by atoms with Crippen LogP contribution in [0.1, 0.15) is 39.2 Å². The van der Waals surface area contributed by atoms with E-state index in [9.17, 15) is 14.4 Å². The molecule has 24 heavy (non-hydrogen) atoms. The Morgan fingerprint density at radius 2 is 1.83 bits per heavy atom. The number of hydrogen-bond donors (Lipinski definition) is 1. The van der Waals surface area contributed by atoms with Gasteiger partial charge in [0, 0.05) is 24.3 Å². The second-order valence-electron chi connectivity index (χ2n) is 5.79. The first-order valence-corrected chi connectivity index (χ1v) is 9.09. The summed E-state index contributed by atoms with van der Waals surface area (Å²) in [6.07, 6.45) is 3.17. The summed E-state index contributed by atoms with van der Waals surface area (Å²) in [5.41, 5.74) is 1.74. The van der Waals surface area contributed by atoms with Crippen LogP contribution in [0.5, 0.6) is 0 Å². The largest absolute Gasteiger partial charge is 0.480 e. The van der Waals surface area contributed by atoms with Crippen LogP contribution in [0.25, 0.3) is 0 Å². The van der Waals surface area contributed by atoms with Crippen LogP contribution in [0.3, 0.4) is 0 Å². The highest BCUT2D eigenvalue weighted by Crippen LogP contribution is 2.20. The van der Waals surface area contributed by atoms with Gasteiger partial charge in [0.05, 0.1) is 0 Å². The Hall–Kier alpha value is -1.82. The number of unbranched alkanes of at least 4 members (excludes halogenated alkanes) is 1. The van der Waals surface area contributed by atoms with Gasteiger partial charge in [0.2, 0.25) is 5.91 Å². The molecule has 1 N–H and O–H groups in total. The van der Waals surface area contributed by atoms with Gasteiger partial charge in [-0.15, -0.1) is 0 Å². The molecule has 0 saturated heterocycles. The van der Waals surface area contributed by atoms with Crippen molar-refractivity contribution in [2.45, 2.75) is 40.0 Å². The fourth-order valence-corrected chi connectivity index (χ4v) is 2.86. The van der Waals surface area contributed by atoms with E-state index in [0.717, 1.165) is 31.0 Å². The maximum Gasteiger partial charge on any atom is 0.323 e. The Kier molecular flexibility index (Phi) is 8.54. The smallest absolute Gasteiger partial charge is 0.323 e. The number of aliphatic carboxylic acids is 1. The number of aryl methyl sites for hydroxylation is 1. The van der Waals surface area contributed by atoms with Crippen molar-refractivity contribution in [3.05, 3.63) is 29.8 Å². The van der Waals surface area contributed by atoms with Gasteiger partial charge in [0.25, 0.3) is 0 Å². The predicted octanol–water partition coefficient (Wildman–Crippen LogP) is 3.36. The number of carboxylic acids is 1. The first-order chi connectivity index (χ1) is 11.3. The van der Waals surface area contributed by atoms with E-state index in [1.54, 1.807) is 19.1 Å². The van der Waals surface area contributed by atoms with Crippen molar-refractivity contribution in [1.82, 2.24) is 0 Å². The van der Waals surface area contributed by atoms with Crippen LogP contribution in [-0.2, 0) is 20.8 Å². The molecular weight excluding hydrogens is 326 g/mol. The lowest BCUT2D eigenvalue weighted by molar-refractivity contribution is -0.137. The maximum atomic E-state index is 12.6. The highest BCUT2D eigenvalue weighted by molar-refractivity contribution is 8.13. The fourth-order valence-electron chi connectivity index (χ4n) is 2.23. The summed E-state index contributed by atoms with van der Waals surface area (Å²) in [5.74, 6) is -1.44. The van der Waals surface area contributed by atoms with Gasteiger partial charge in [0.1, 0.15) is 6.54 Å². The summed E-state index contributed by atoms with van der Waals surface area (Å²) in [4.78, 5) is 36.0. The Bertz CT molecular complexity index is 571. The van der Waals surface area contributed by atoms with Crippen LogP contribution in [-0.4, -0.2) is 34.4 Å². The van der Waals surface area contributed by atoms with Crippen LogP contribution in [0, 0.1) is 5.92 Å². The zero-order chi connectivity index (χ0) is 18.1. The quantitative estimate of drug-likeness (QED) is 0.738. The van der Waals surface area contributed by atoms with Crippen LogP contribution >= 0.6 is 11.8 Å². The van der Waals surface area contributed by atoms with Crippen molar-refractivity contribution in [2.24, 2.45) is 5.92 Å². The number of carbonyl (C=O) groups is 3.